The topological polar surface area (TPSA) is 69.4 Å². The van der Waals surface area contributed by atoms with Crippen molar-refractivity contribution in [3.63, 3.8) is 0 Å². The molecule has 1 aromatic carbocycles. The summed E-state index contributed by atoms with van der Waals surface area (Å²) in [5.74, 6) is 0. The monoisotopic (exact) mass is 211 g/mol. The van der Waals surface area contributed by atoms with E-state index >= 15 is 0 Å². The van der Waals surface area contributed by atoms with Crippen LogP contribution in [0.2, 0.25) is 0 Å². The molecule has 0 atom stereocenters. The fourth-order valence-electron chi connectivity index (χ4n) is 0.724. The molecule has 4 nitrogen and oxygen atoms in total. The van der Waals surface area contributed by atoms with Crippen molar-refractivity contribution >= 4 is 10.3 Å². The summed E-state index contributed by atoms with van der Waals surface area (Å²) < 4.78 is 25.1. The van der Waals surface area contributed by atoms with Crippen LogP contribution in [0.5, 0.6) is 0 Å². The summed E-state index contributed by atoms with van der Waals surface area (Å²) >= 11 is 0. The summed E-state index contributed by atoms with van der Waals surface area (Å²) in [4.78, 5) is 0. The maximum absolute atomic E-state index is 10.4. The molecule has 0 unspecified atom stereocenters. The molecular weight excluding hydrogens is 201 g/mol. The Kier molecular flexibility index (Phi) is 5.78. The second-order valence-corrected chi connectivity index (χ2v) is 3.46. The first-order valence-electron chi connectivity index (χ1n) is 3.29. The Morgan fingerprint density at radius 2 is 1.85 bits per heavy atom. The first-order valence-corrected chi connectivity index (χ1v) is 4.76. The van der Waals surface area contributed by atoms with Gasteiger partial charge in [-0.2, -0.15) is 8.42 Å². The average Bonchev–Trinajstić information content (AvgIpc) is 2.02. The van der Waals surface area contributed by atoms with Crippen LogP contribution in [0, 0.1) is 0 Å². The van der Waals surface area contributed by atoms with Crippen LogP contribution < -0.4 is 34.7 Å². The van der Waals surface area contributed by atoms with Gasteiger partial charge in [0.1, 0.15) is 0 Å². The fourth-order valence-corrected chi connectivity index (χ4v) is 1.02. The molecule has 1 rings (SSSR count). The maximum Gasteiger partial charge on any atom is 1.00 e. The van der Waals surface area contributed by atoms with E-state index in [1.807, 2.05) is 6.07 Å². The molecule has 2 N–H and O–H groups in total. The van der Waals surface area contributed by atoms with Gasteiger partial charge in [0.05, 0.1) is 6.61 Å². The van der Waals surface area contributed by atoms with Crippen molar-refractivity contribution in [2.45, 2.75) is 6.61 Å². The normalized spacial score (nSPS) is 10.5. The molecule has 0 saturated heterocycles. The Bertz CT molecular complexity index is 343. The van der Waals surface area contributed by atoms with Crippen LogP contribution >= 0.6 is 0 Å². The molecule has 13 heavy (non-hydrogen) atoms. The molecule has 0 heterocycles. The van der Waals surface area contributed by atoms with Crippen LogP contribution in [0.3, 0.4) is 0 Å². The molecule has 0 aliphatic rings. The molecule has 0 aliphatic heterocycles. The van der Waals surface area contributed by atoms with Crippen molar-refractivity contribution in [3.05, 3.63) is 35.9 Å². The third kappa shape index (κ3) is 6.20. The summed E-state index contributed by atoms with van der Waals surface area (Å²) in [5.41, 5.74) is 0.770. The van der Waals surface area contributed by atoms with Gasteiger partial charge in [-0.1, -0.05) is 30.3 Å². The van der Waals surface area contributed by atoms with Gasteiger partial charge in [-0.15, -0.1) is 0 Å². The molecular formula is C7H10NNaO3S. The Morgan fingerprint density at radius 3 is 2.31 bits per heavy atom. The second-order valence-electron chi connectivity index (χ2n) is 2.24. The molecule has 0 aliphatic carbocycles. The van der Waals surface area contributed by atoms with Crippen LogP contribution in [0.4, 0.5) is 0 Å². The average molecular weight is 211 g/mol. The third-order valence-electron chi connectivity index (χ3n) is 1.23. The van der Waals surface area contributed by atoms with Gasteiger partial charge in [0.15, 0.2) is 0 Å². The van der Waals surface area contributed by atoms with E-state index < -0.39 is 10.3 Å². The maximum atomic E-state index is 10.4. The molecule has 0 aromatic heterocycles. The molecule has 0 bridgehead atoms. The van der Waals surface area contributed by atoms with E-state index in [4.69, 9.17) is 0 Å². The molecule has 0 amide bonds. The Morgan fingerprint density at radius 1 is 1.31 bits per heavy atom. The first kappa shape index (κ1) is 13.1. The predicted octanol–water partition coefficient (Wildman–Crippen LogP) is -2.48. The molecule has 68 valence electrons. The number of rotatable bonds is 3. The Hall–Kier alpha value is 0.0900. The summed E-state index contributed by atoms with van der Waals surface area (Å²) in [6.45, 7) is -0.0142. The van der Waals surface area contributed by atoms with E-state index in [-0.39, 0.29) is 37.6 Å². The standard InChI is InChI=1S/C7H9NO3S.Na.H/c8-12(9,10)11-6-7-4-2-1-3-5-7;;/h1-5H,6H2,(H2,8,9,10);;/q;+1;-1. The van der Waals surface area contributed by atoms with Gasteiger partial charge in [0, 0.05) is 0 Å². The molecule has 0 radical (unpaired) electrons. The van der Waals surface area contributed by atoms with Gasteiger partial charge in [-0.3, -0.25) is 4.18 Å². The molecule has 6 heteroatoms. The molecule has 0 spiro atoms. The third-order valence-corrected chi connectivity index (χ3v) is 1.68. The summed E-state index contributed by atoms with van der Waals surface area (Å²) in [5, 5.41) is 4.63. The fraction of sp³-hybridized carbons (Fsp3) is 0.143. The van der Waals surface area contributed by atoms with Crippen LogP contribution in [0.25, 0.3) is 0 Å². The van der Waals surface area contributed by atoms with E-state index in [2.05, 4.69) is 9.32 Å². The van der Waals surface area contributed by atoms with E-state index in [9.17, 15) is 8.42 Å². The minimum atomic E-state index is -3.82. The van der Waals surface area contributed by atoms with Crippen LogP contribution in [0.15, 0.2) is 30.3 Å². The number of hydrogen-bond donors (Lipinski definition) is 1. The van der Waals surface area contributed by atoms with Gasteiger partial charge in [0.2, 0.25) is 0 Å². The minimum Gasteiger partial charge on any atom is -1.00 e. The summed E-state index contributed by atoms with van der Waals surface area (Å²) in [7, 11) is -3.82. The van der Waals surface area contributed by atoms with E-state index in [1.54, 1.807) is 24.3 Å². The summed E-state index contributed by atoms with van der Waals surface area (Å²) in [6, 6.07) is 8.93. The van der Waals surface area contributed by atoms with Crippen molar-refractivity contribution in [1.29, 1.82) is 0 Å². The molecule has 1 aromatic rings. The van der Waals surface area contributed by atoms with Crippen LogP contribution in [-0.2, 0) is 21.1 Å². The molecule has 0 saturated carbocycles. The van der Waals surface area contributed by atoms with Crippen LogP contribution in [0.1, 0.15) is 6.99 Å². The number of hydrogen-bond acceptors (Lipinski definition) is 3. The Labute approximate surface area is 101 Å². The largest absolute Gasteiger partial charge is 1.00 e. The molecule has 0 fully saturated rings. The van der Waals surface area contributed by atoms with Crippen molar-refractivity contribution in [2.75, 3.05) is 0 Å². The second kappa shape index (κ2) is 5.74. The van der Waals surface area contributed by atoms with Gasteiger partial charge in [-0.05, 0) is 5.56 Å². The number of nitrogens with two attached hydrogens (primary N) is 1. The zero-order valence-electron chi connectivity index (χ0n) is 8.30. The van der Waals surface area contributed by atoms with Gasteiger partial charge in [-0.25, -0.2) is 5.14 Å². The van der Waals surface area contributed by atoms with Gasteiger partial charge < -0.3 is 1.43 Å². The van der Waals surface area contributed by atoms with Crippen molar-refractivity contribution in [1.82, 2.24) is 0 Å². The van der Waals surface area contributed by atoms with Gasteiger partial charge >= 0.3 is 39.9 Å². The zero-order chi connectivity index (χ0) is 9.03. The van der Waals surface area contributed by atoms with Crippen molar-refractivity contribution in [3.8, 4) is 0 Å². The predicted molar refractivity (Wildman–Crippen MR) is 45.5 cm³/mol. The van der Waals surface area contributed by atoms with Gasteiger partial charge in [0.25, 0.3) is 0 Å². The zero-order valence-corrected chi connectivity index (χ0v) is 10.1. The SMILES string of the molecule is NS(=O)(=O)OCc1ccccc1.[H-].[Na+]. The number of benzene rings is 1. The van der Waals surface area contributed by atoms with E-state index in [0.29, 0.717) is 0 Å². The van der Waals surface area contributed by atoms with Crippen molar-refractivity contribution in [2.24, 2.45) is 5.14 Å². The van der Waals surface area contributed by atoms with E-state index in [0.717, 1.165) is 5.56 Å². The van der Waals surface area contributed by atoms with E-state index in [1.165, 1.54) is 0 Å². The quantitative estimate of drug-likeness (QED) is 0.563. The Balaban J connectivity index is 0. The minimum absolute atomic E-state index is 0. The smallest absolute Gasteiger partial charge is 1.00 e. The first-order chi connectivity index (χ1) is 5.58. The van der Waals surface area contributed by atoms with Crippen molar-refractivity contribution < 1.29 is 43.6 Å². The summed E-state index contributed by atoms with van der Waals surface area (Å²) in [6.07, 6.45) is 0. The van der Waals surface area contributed by atoms with Crippen LogP contribution in [-0.4, -0.2) is 8.42 Å².